The number of nitrogens with zero attached hydrogens (tertiary/aromatic N) is 1. The Bertz CT molecular complexity index is 750. The highest BCUT2D eigenvalue weighted by Crippen LogP contribution is 2.16. The normalized spacial score (nSPS) is 11.6. The first kappa shape index (κ1) is 20.5. The highest BCUT2D eigenvalue weighted by Gasteiger charge is 2.16. The second-order valence-corrected chi connectivity index (χ2v) is 6.30. The zero-order valence-electron chi connectivity index (χ0n) is 16.5. The lowest BCUT2D eigenvalue weighted by Gasteiger charge is -2.19. The van der Waals surface area contributed by atoms with E-state index in [4.69, 9.17) is 4.74 Å². The smallest absolute Gasteiger partial charge is 0.265 e. The molecule has 144 valence electrons. The molecule has 0 aliphatic rings. The summed E-state index contributed by atoms with van der Waals surface area (Å²) in [6, 6.07) is 14.6. The quantitative estimate of drug-likeness (QED) is 0.762. The summed E-state index contributed by atoms with van der Waals surface area (Å²) in [6.45, 7) is 9.04. The molecule has 1 N–H and O–H groups in total. The van der Waals surface area contributed by atoms with Gasteiger partial charge in [0.1, 0.15) is 5.75 Å². The second-order valence-electron chi connectivity index (χ2n) is 6.30. The average Bonchev–Trinajstić information content (AvgIpc) is 2.70. The van der Waals surface area contributed by atoms with Gasteiger partial charge in [0.05, 0.1) is 0 Å². The van der Waals surface area contributed by atoms with E-state index in [1.807, 2.05) is 38.1 Å². The summed E-state index contributed by atoms with van der Waals surface area (Å²) in [5.41, 5.74) is 2.46. The minimum Gasteiger partial charge on any atom is -0.481 e. The summed E-state index contributed by atoms with van der Waals surface area (Å²) >= 11 is 0. The van der Waals surface area contributed by atoms with Crippen molar-refractivity contribution in [2.24, 2.45) is 0 Å². The predicted molar refractivity (Wildman–Crippen MR) is 108 cm³/mol. The maximum atomic E-state index is 12.3. The van der Waals surface area contributed by atoms with Gasteiger partial charge < -0.3 is 15.0 Å². The van der Waals surface area contributed by atoms with E-state index in [1.54, 1.807) is 36.1 Å². The minimum atomic E-state index is -0.630. The van der Waals surface area contributed by atoms with Crippen LogP contribution in [-0.4, -0.2) is 35.9 Å². The Morgan fingerprint density at radius 3 is 2.07 bits per heavy atom. The Balaban J connectivity index is 1.95. The van der Waals surface area contributed by atoms with Crippen LogP contribution in [0.4, 0.5) is 5.69 Å². The number of carbonyl (C=O) groups is 2. The molecule has 0 radical (unpaired) electrons. The zero-order chi connectivity index (χ0) is 19.8. The van der Waals surface area contributed by atoms with E-state index in [0.29, 0.717) is 30.1 Å². The van der Waals surface area contributed by atoms with Gasteiger partial charge in [-0.25, -0.2) is 0 Å². The van der Waals surface area contributed by atoms with Gasteiger partial charge in [-0.3, -0.25) is 9.59 Å². The molecule has 5 heteroatoms. The van der Waals surface area contributed by atoms with Crippen molar-refractivity contribution in [3.05, 3.63) is 59.7 Å². The number of carbonyl (C=O) groups excluding carboxylic acids is 2. The summed E-state index contributed by atoms with van der Waals surface area (Å²) in [6.07, 6.45) is 0.331. The van der Waals surface area contributed by atoms with Gasteiger partial charge in [-0.05, 0) is 69.2 Å². The van der Waals surface area contributed by atoms with Gasteiger partial charge in [0.15, 0.2) is 6.10 Å². The van der Waals surface area contributed by atoms with E-state index < -0.39 is 6.10 Å². The predicted octanol–water partition coefficient (Wildman–Crippen LogP) is 4.14. The molecule has 5 nitrogen and oxygen atoms in total. The van der Waals surface area contributed by atoms with Crippen molar-refractivity contribution in [3.8, 4) is 5.75 Å². The SMILES string of the molecule is CCc1ccc(OC(C)C(=O)Nc2ccc(C(=O)N(CC)CC)cc2)cc1. The lowest BCUT2D eigenvalue weighted by molar-refractivity contribution is -0.122. The van der Waals surface area contributed by atoms with Gasteiger partial charge in [0, 0.05) is 24.3 Å². The van der Waals surface area contributed by atoms with E-state index in [9.17, 15) is 9.59 Å². The van der Waals surface area contributed by atoms with Crippen LogP contribution in [0.15, 0.2) is 48.5 Å². The summed E-state index contributed by atoms with van der Waals surface area (Å²) in [7, 11) is 0. The molecule has 0 fully saturated rings. The highest BCUT2D eigenvalue weighted by atomic mass is 16.5. The van der Waals surface area contributed by atoms with Crippen LogP contribution < -0.4 is 10.1 Å². The van der Waals surface area contributed by atoms with Crippen LogP contribution in [0.1, 0.15) is 43.6 Å². The van der Waals surface area contributed by atoms with Gasteiger partial charge in [0.2, 0.25) is 0 Å². The number of hydrogen-bond donors (Lipinski definition) is 1. The van der Waals surface area contributed by atoms with E-state index in [2.05, 4.69) is 12.2 Å². The number of nitrogens with one attached hydrogen (secondary N) is 1. The Labute approximate surface area is 161 Å². The first-order chi connectivity index (χ1) is 13.0. The van der Waals surface area contributed by atoms with Gasteiger partial charge in [-0.15, -0.1) is 0 Å². The molecule has 2 rings (SSSR count). The monoisotopic (exact) mass is 368 g/mol. The van der Waals surface area contributed by atoms with Gasteiger partial charge >= 0.3 is 0 Å². The van der Waals surface area contributed by atoms with Crippen LogP contribution in [0, 0.1) is 0 Å². The second kappa shape index (κ2) is 9.76. The van der Waals surface area contributed by atoms with Gasteiger partial charge in [0.25, 0.3) is 11.8 Å². The number of anilines is 1. The molecule has 27 heavy (non-hydrogen) atoms. The summed E-state index contributed by atoms with van der Waals surface area (Å²) in [4.78, 5) is 26.4. The molecule has 0 aromatic heterocycles. The number of aryl methyl sites for hydroxylation is 1. The topological polar surface area (TPSA) is 58.6 Å². The number of amides is 2. The first-order valence-electron chi connectivity index (χ1n) is 9.44. The fourth-order valence-corrected chi connectivity index (χ4v) is 2.69. The molecule has 0 saturated heterocycles. The van der Waals surface area contributed by atoms with E-state index in [0.717, 1.165) is 6.42 Å². The zero-order valence-corrected chi connectivity index (χ0v) is 16.5. The van der Waals surface area contributed by atoms with Crippen LogP contribution in [0.2, 0.25) is 0 Å². The third-order valence-electron chi connectivity index (χ3n) is 4.46. The molecular formula is C22H28N2O3. The first-order valence-corrected chi connectivity index (χ1v) is 9.44. The third kappa shape index (κ3) is 5.58. The van der Waals surface area contributed by atoms with Crippen LogP contribution in [0.3, 0.4) is 0 Å². The largest absolute Gasteiger partial charge is 0.481 e. The lowest BCUT2D eigenvalue weighted by atomic mass is 10.1. The molecule has 2 amide bonds. The van der Waals surface area contributed by atoms with Crippen molar-refractivity contribution in [1.29, 1.82) is 0 Å². The average molecular weight is 368 g/mol. The molecule has 0 heterocycles. The number of hydrogen-bond acceptors (Lipinski definition) is 3. The summed E-state index contributed by atoms with van der Waals surface area (Å²) < 4.78 is 5.70. The van der Waals surface area contributed by atoms with Crippen LogP contribution >= 0.6 is 0 Å². The Hall–Kier alpha value is -2.82. The van der Waals surface area contributed by atoms with Gasteiger partial charge in [-0.1, -0.05) is 19.1 Å². The molecular weight excluding hydrogens is 340 g/mol. The van der Waals surface area contributed by atoms with Crippen LogP contribution in [0.25, 0.3) is 0 Å². The Morgan fingerprint density at radius 2 is 1.56 bits per heavy atom. The molecule has 0 aliphatic carbocycles. The van der Waals surface area contributed by atoms with Crippen molar-refractivity contribution in [2.75, 3.05) is 18.4 Å². The standard InChI is InChI=1S/C22H28N2O3/c1-5-17-8-14-20(15-9-17)27-16(4)21(25)23-19-12-10-18(11-13-19)22(26)24(6-2)7-3/h8-16H,5-7H2,1-4H3,(H,23,25). The maximum Gasteiger partial charge on any atom is 0.265 e. The van der Waals surface area contributed by atoms with Crippen LogP contribution in [0.5, 0.6) is 5.75 Å². The van der Waals surface area contributed by atoms with Crippen molar-refractivity contribution in [1.82, 2.24) is 4.90 Å². The lowest BCUT2D eigenvalue weighted by Crippen LogP contribution is -2.31. The minimum absolute atomic E-state index is 0.00916. The van der Waals surface area contributed by atoms with Crippen molar-refractivity contribution >= 4 is 17.5 Å². The molecule has 1 unspecified atom stereocenters. The molecule has 0 aliphatic heterocycles. The fourth-order valence-electron chi connectivity index (χ4n) is 2.69. The Morgan fingerprint density at radius 1 is 0.963 bits per heavy atom. The van der Waals surface area contributed by atoms with Crippen LogP contribution in [-0.2, 0) is 11.2 Å². The maximum absolute atomic E-state index is 12.3. The van der Waals surface area contributed by atoms with Crippen molar-refractivity contribution in [2.45, 2.75) is 40.2 Å². The Kier molecular flexibility index (Phi) is 7.41. The summed E-state index contributed by atoms with van der Waals surface area (Å²) in [5.74, 6) is 0.414. The molecule has 0 spiro atoms. The molecule has 2 aromatic rings. The third-order valence-corrected chi connectivity index (χ3v) is 4.46. The molecule has 0 bridgehead atoms. The van der Waals surface area contributed by atoms with Gasteiger partial charge in [-0.2, -0.15) is 0 Å². The van der Waals surface area contributed by atoms with Crippen molar-refractivity contribution in [3.63, 3.8) is 0 Å². The number of ether oxygens (including phenoxy) is 1. The van der Waals surface area contributed by atoms with E-state index >= 15 is 0 Å². The molecule has 1 atom stereocenters. The van der Waals surface area contributed by atoms with E-state index in [-0.39, 0.29) is 11.8 Å². The van der Waals surface area contributed by atoms with Crippen molar-refractivity contribution < 1.29 is 14.3 Å². The fraction of sp³-hybridized carbons (Fsp3) is 0.364. The number of rotatable bonds is 8. The molecule has 2 aromatic carbocycles. The summed E-state index contributed by atoms with van der Waals surface area (Å²) in [5, 5.41) is 2.82. The highest BCUT2D eigenvalue weighted by molar-refractivity contribution is 5.96. The number of benzene rings is 2. The van der Waals surface area contributed by atoms with E-state index in [1.165, 1.54) is 5.56 Å². The molecule has 0 saturated carbocycles.